The first-order chi connectivity index (χ1) is 10.7. The fourth-order valence-electron chi connectivity index (χ4n) is 2.38. The predicted molar refractivity (Wildman–Crippen MR) is 86.2 cm³/mol. The lowest BCUT2D eigenvalue weighted by Gasteiger charge is -2.12. The van der Waals surface area contributed by atoms with Crippen molar-refractivity contribution in [2.45, 2.75) is 51.5 Å². The summed E-state index contributed by atoms with van der Waals surface area (Å²) in [5, 5.41) is 6.95. The van der Waals surface area contributed by atoms with Crippen LogP contribution in [-0.2, 0) is 16.1 Å². The number of benzene rings is 1. The van der Waals surface area contributed by atoms with Gasteiger partial charge in [0.2, 0.25) is 11.8 Å². The molecule has 0 heterocycles. The summed E-state index contributed by atoms with van der Waals surface area (Å²) in [5.41, 5.74) is 4.66. The summed E-state index contributed by atoms with van der Waals surface area (Å²) in [4.78, 5) is 23.4. The molecule has 0 spiro atoms. The summed E-state index contributed by atoms with van der Waals surface area (Å²) in [6.07, 6.45) is 5.83. The molecule has 2 amide bonds. The summed E-state index contributed by atoms with van der Waals surface area (Å²) in [6, 6.07) is 9.70. The van der Waals surface area contributed by atoms with Gasteiger partial charge in [-0.1, -0.05) is 36.8 Å². The number of hydrazone groups is 1. The lowest BCUT2D eigenvalue weighted by atomic mass is 9.99. The van der Waals surface area contributed by atoms with Crippen LogP contribution < -0.4 is 10.7 Å². The molecule has 0 bridgehead atoms. The zero-order valence-corrected chi connectivity index (χ0v) is 12.8. The maximum absolute atomic E-state index is 11.7. The van der Waals surface area contributed by atoms with Gasteiger partial charge in [0, 0.05) is 25.1 Å². The van der Waals surface area contributed by atoms with Crippen LogP contribution in [0.1, 0.15) is 50.5 Å². The van der Waals surface area contributed by atoms with Crippen LogP contribution in [0.3, 0.4) is 0 Å². The summed E-state index contributed by atoms with van der Waals surface area (Å²) in [5.74, 6) is -0.322. The maximum Gasteiger partial charge on any atom is 0.240 e. The monoisotopic (exact) mass is 301 g/mol. The van der Waals surface area contributed by atoms with E-state index in [1.165, 1.54) is 6.42 Å². The Morgan fingerprint density at radius 2 is 1.64 bits per heavy atom. The van der Waals surface area contributed by atoms with Gasteiger partial charge in [0.15, 0.2) is 0 Å². The van der Waals surface area contributed by atoms with Crippen molar-refractivity contribution >= 4 is 17.5 Å². The zero-order chi connectivity index (χ0) is 15.6. The second-order valence-corrected chi connectivity index (χ2v) is 5.54. The van der Waals surface area contributed by atoms with Crippen LogP contribution in [0.2, 0.25) is 0 Å². The molecule has 22 heavy (non-hydrogen) atoms. The Kier molecular flexibility index (Phi) is 6.61. The van der Waals surface area contributed by atoms with Crippen LogP contribution in [0.4, 0.5) is 0 Å². The Morgan fingerprint density at radius 3 is 2.36 bits per heavy atom. The van der Waals surface area contributed by atoms with Crippen molar-refractivity contribution in [3.63, 3.8) is 0 Å². The normalized spacial score (nSPS) is 14.3. The molecule has 0 unspecified atom stereocenters. The van der Waals surface area contributed by atoms with E-state index in [9.17, 15) is 9.59 Å². The van der Waals surface area contributed by atoms with E-state index >= 15 is 0 Å². The summed E-state index contributed by atoms with van der Waals surface area (Å²) >= 11 is 0. The van der Waals surface area contributed by atoms with Gasteiger partial charge < -0.3 is 5.32 Å². The van der Waals surface area contributed by atoms with E-state index in [0.29, 0.717) is 6.54 Å². The van der Waals surface area contributed by atoms with Gasteiger partial charge in [-0.3, -0.25) is 9.59 Å². The van der Waals surface area contributed by atoms with Crippen LogP contribution in [0.5, 0.6) is 0 Å². The Labute approximate surface area is 131 Å². The molecule has 118 valence electrons. The molecule has 0 saturated heterocycles. The molecule has 0 atom stereocenters. The lowest BCUT2D eigenvalue weighted by Crippen LogP contribution is -2.26. The lowest BCUT2D eigenvalue weighted by molar-refractivity contribution is -0.126. The number of hydrogen-bond acceptors (Lipinski definition) is 3. The first-order valence-electron chi connectivity index (χ1n) is 7.89. The van der Waals surface area contributed by atoms with Crippen molar-refractivity contribution in [1.29, 1.82) is 0 Å². The molecule has 0 radical (unpaired) electrons. The predicted octanol–water partition coefficient (Wildman–Crippen LogP) is 2.52. The zero-order valence-electron chi connectivity index (χ0n) is 12.8. The largest absolute Gasteiger partial charge is 0.352 e. The minimum absolute atomic E-state index is 0.121. The van der Waals surface area contributed by atoms with Crippen LogP contribution >= 0.6 is 0 Å². The van der Waals surface area contributed by atoms with Crippen molar-refractivity contribution < 1.29 is 9.59 Å². The molecule has 2 rings (SSSR count). The van der Waals surface area contributed by atoms with Crippen molar-refractivity contribution in [2.24, 2.45) is 5.10 Å². The SMILES string of the molecule is O=C(CCC(=O)NN=C1CCCCC1)NCc1ccccc1. The minimum Gasteiger partial charge on any atom is -0.352 e. The topological polar surface area (TPSA) is 70.6 Å². The second kappa shape index (κ2) is 8.97. The Hall–Kier alpha value is -2.17. The highest BCUT2D eigenvalue weighted by Gasteiger charge is 2.09. The Balaban J connectivity index is 1.62. The van der Waals surface area contributed by atoms with Crippen LogP contribution in [0.15, 0.2) is 35.4 Å². The van der Waals surface area contributed by atoms with E-state index in [1.807, 2.05) is 30.3 Å². The number of amides is 2. The van der Waals surface area contributed by atoms with Gasteiger partial charge >= 0.3 is 0 Å². The third kappa shape index (κ3) is 6.08. The first-order valence-corrected chi connectivity index (χ1v) is 7.89. The van der Waals surface area contributed by atoms with Gasteiger partial charge in [-0.15, -0.1) is 0 Å². The average molecular weight is 301 g/mol. The molecule has 1 aliphatic carbocycles. The van der Waals surface area contributed by atoms with Gasteiger partial charge in [-0.05, 0) is 31.2 Å². The quantitative estimate of drug-likeness (QED) is 0.793. The molecule has 2 N–H and O–H groups in total. The fraction of sp³-hybridized carbons (Fsp3) is 0.471. The van der Waals surface area contributed by atoms with Gasteiger partial charge in [-0.2, -0.15) is 5.10 Å². The van der Waals surface area contributed by atoms with E-state index in [0.717, 1.165) is 37.0 Å². The van der Waals surface area contributed by atoms with Crippen LogP contribution in [0.25, 0.3) is 0 Å². The third-order valence-corrected chi connectivity index (χ3v) is 3.68. The fourth-order valence-corrected chi connectivity index (χ4v) is 2.38. The molecular weight excluding hydrogens is 278 g/mol. The van der Waals surface area contributed by atoms with Crippen molar-refractivity contribution in [1.82, 2.24) is 10.7 Å². The number of nitrogens with zero attached hydrogens (tertiary/aromatic N) is 1. The molecule has 1 fully saturated rings. The molecular formula is C17H23N3O2. The number of hydrogen-bond donors (Lipinski definition) is 2. The third-order valence-electron chi connectivity index (χ3n) is 3.68. The molecule has 1 aromatic carbocycles. The number of carbonyl (C=O) groups excluding carboxylic acids is 2. The molecule has 1 aliphatic rings. The van der Waals surface area contributed by atoms with E-state index in [1.54, 1.807) is 0 Å². The van der Waals surface area contributed by atoms with E-state index in [4.69, 9.17) is 0 Å². The summed E-state index contributed by atoms with van der Waals surface area (Å²) in [7, 11) is 0. The van der Waals surface area contributed by atoms with E-state index in [2.05, 4.69) is 15.8 Å². The maximum atomic E-state index is 11.7. The highest BCUT2D eigenvalue weighted by molar-refractivity contribution is 5.88. The smallest absolute Gasteiger partial charge is 0.240 e. The van der Waals surface area contributed by atoms with Crippen molar-refractivity contribution in [3.05, 3.63) is 35.9 Å². The highest BCUT2D eigenvalue weighted by atomic mass is 16.2. The summed E-state index contributed by atoms with van der Waals surface area (Å²) < 4.78 is 0. The molecule has 5 heteroatoms. The van der Waals surface area contributed by atoms with Crippen molar-refractivity contribution in [3.8, 4) is 0 Å². The highest BCUT2D eigenvalue weighted by Crippen LogP contribution is 2.14. The number of nitrogens with one attached hydrogen (secondary N) is 2. The summed E-state index contributed by atoms with van der Waals surface area (Å²) in [6.45, 7) is 0.490. The van der Waals surface area contributed by atoms with E-state index < -0.39 is 0 Å². The first kappa shape index (κ1) is 16.2. The number of rotatable bonds is 6. The Morgan fingerprint density at radius 1 is 0.955 bits per heavy atom. The Bertz CT molecular complexity index is 518. The standard InChI is InChI=1S/C17H23N3O2/c21-16(18-13-14-7-3-1-4-8-14)11-12-17(22)20-19-15-9-5-2-6-10-15/h1,3-4,7-8H,2,5-6,9-13H2,(H,18,21)(H,20,22). The molecule has 0 aromatic heterocycles. The van der Waals surface area contributed by atoms with Gasteiger partial charge in [0.1, 0.15) is 0 Å². The minimum atomic E-state index is -0.201. The molecule has 1 aromatic rings. The average Bonchev–Trinajstić information content (AvgIpc) is 2.58. The van der Waals surface area contributed by atoms with E-state index in [-0.39, 0.29) is 24.7 Å². The number of carbonyl (C=O) groups is 2. The van der Waals surface area contributed by atoms with Gasteiger partial charge in [0.05, 0.1) is 0 Å². The molecule has 1 saturated carbocycles. The van der Waals surface area contributed by atoms with Crippen molar-refractivity contribution in [2.75, 3.05) is 0 Å². The molecule has 5 nitrogen and oxygen atoms in total. The van der Waals surface area contributed by atoms with Gasteiger partial charge in [-0.25, -0.2) is 5.43 Å². The second-order valence-electron chi connectivity index (χ2n) is 5.54. The van der Waals surface area contributed by atoms with Crippen LogP contribution in [0, 0.1) is 0 Å². The van der Waals surface area contributed by atoms with Crippen LogP contribution in [-0.4, -0.2) is 17.5 Å². The molecule has 0 aliphatic heterocycles. The van der Waals surface area contributed by atoms with Gasteiger partial charge in [0.25, 0.3) is 0 Å².